The Balaban J connectivity index is 2.22. The van der Waals surface area contributed by atoms with Crippen molar-refractivity contribution in [2.24, 2.45) is 0 Å². The van der Waals surface area contributed by atoms with Crippen LogP contribution in [-0.4, -0.2) is 25.3 Å². The Morgan fingerprint density at radius 2 is 2.11 bits per heavy atom. The number of hydrogen-bond donors (Lipinski definition) is 0. The summed E-state index contributed by atoms with van der Waals surface area (Å²) in [4.78, 5) is 11.8. The van der Waals surface area contributed by atoms with Crippen LogP contribution in [0.2, 0.25) is 0 Å². The van der Waals surface area contributed by atoms with Gasteiger partial charge in [0.05, 0.1) is 19.3 Å². The van der Waals surface area contributed by atoms with E-state index in [9.17, 15) is 4.79 Å². The fourth-order valence-electron chi connectivity index (χ4n) is 2.21. The van der Waals surface area contributed by atoms with E-state index in [2.05, 4.69) is 0 Å². The number of hydrogen-bond acceptors (Lipinski definition) is 4. The molecule has 0 N–H and O–H groups in total. The molecule has 0 aromatic heterocycles. The Kier molecular flexibility index (Phi) is 4.56. The van der Waals surface area contributed by atoms with Gasteiger partial charge in [-0.1, -0.05) is 37.3 Å². The third-order valence-electron chi connectivity index (χ3n) is 3.21. The summed E-state index contributed by atoms with van der Waals surface area (Å²) < 4.78 is 16.8. The zero-order chi connectivity index (χ0) is 13.7. The van der Waals surface area contributed by atoms with Gasteiger partial charge in [-0.3, -0.25) is 4.79 Å². The molecule has 2 unspecified atom stereocenters. The average molecular weight is 264 g/mol. The Labute approximate surface area is 113 Å². The minimum Gasteiger partial charge on any atom is -0.466 e. The molecule has 0 aliphatic carbocycles. The molecule has 1 saturated heterocycles. The maximum Gasteiger partial charge on any atom is 0.311 e. The first kappa shape index (κ1) is 14.0. The molecular formula is C15H20O4. The van der Waals surface area contributed by atoms with E-state index in [1.54, 1.807) is 6.92 Å². The molecule has 0 amide bonds. The Morgan fingerprint density at radius 3 is 2.68 bits per heavy atom. The minimum absolute atomic E-state index is 0.0228. The third-order valence-corrected chi connectivity index (χ3v) is 3.21. The number of ether oxygens (including phenoxy) is 3. The minimum atomic E-state index is -0.992. The van der Waals surface area contributed by atoms with Crippen molar-refractivity contribution < 1.29 is 19.0 Å². The Hall–Kier alpha value is -1.39. The van der Waals surface area contributed by atoms with Crippen molar-refractivity contribution in [3.8, 4) is 0 Å². The van der Waals surface area contributed by atoms with E-state index in [0.717, 1.165) is 12.0 Å². The molecule has 2 rings (SSSR count). The molecule has 1 aromatic rings. The highest BCUT2D eigenvalue weighted by atomic mass is 16.7. The van der Waals surface area contributed by atoms with Gasteiger partial charge < -0.3 is 14.2 Å². The van der Waals surface area contributed by atoms with Crippen LogP contribution in [0, 0.1) is 0 Å². The molecule has 0 radical (unpaired) electrons. The van der Waals surface area contributed by atoms with Gasteiger partial charge >= 0.3 is 5.97 Å². The molecule has 1 fully saturated rings. The van der Waals surface area contributed by atoms with Gasteiger partial charge in [0.25, 0.3) is 0 Å². The van der Waals surface area contributed by atoms with Crippen molar-refractivity contribution in [3.63, 3.8) is 0 Å². The predicted octanol–water partition coefficient (Wildman–Crippen LogP) is 2.62. The topological polar surface area (TPSA) is 44.8 Å². The van der Waals surface area contributed by atoms with Crippen molar-refractivity contribution >= 4 is 5.97 Å². The van der Waals surface area contributed by atoms with Crippen LogP contribution in [-0.2, 0) is 24.8 Å². The van der Waals surface area contributed by atoms with Gasteiger partial charge in [-0.05, 0) is 13.3 Å². The summed E-state index contributed by atoms with van der Waals surface area (Å²) in [5.41, 5.74) is 0.860. The molecule has 4 nitrogen and oxygen atoms in total. The standard InChI is InChI=1S/C15H20O4/c1-3-13-11-18-15(19-13,10-14(16)17-4-2)12-8-6-5-7-9-12/h5-9,13H,3-4,10-11H2,1-2H3. The van der Waals surface area contributed by atoms with E-state index in [0.29, 0.717) is 13.2 Å². The summed E-state index contributed by atoms with van der Waals surface area (Å²) >= 11 is 0. The summed E-state index contributed by atoms with van der Waals surface area (Å²) in [6.07, 6.45) is 0.966. The molecule has 1 aliphatic rings. The van der Waals surface area contributed by atoms with E-state index in [1.165, 1.54) is 0 Å². The largest absolute Gasteiger partial charge is 0.466 e. The van der Waals surface area contributed by atoms with Crippen LogP contribution in [0.5, 0.6) is 0 Å². The molecule has 1 heterocycles. The van der Waals surface area contributed by atoms with E-state index in [-0.39, 0.29) is 18.5 Å². The van der Waals surface area contributed by atoms with E-state index in [1.807, 2.05) is 37.3 Å². The van der Waals surface area contributed by atoms with Crippen LogP contribution in [0.3, 0.4) is 0 Å². The predicted molar refractivity (Wildman–Crippen MR) is 70.5 cm³/mol. The molecule has 2 atom stereocenters. The highest BCUT2D eigenvalue weighted by Crippen LogP contribution is 2.38. The number of carbonyl (C=O) groups is 1. The normalized spacial score (nSPS) is 26.3. The molecule has 1 aromatic carbocycles. The summed E-state index contributed by atoms with van der Waals surface area (Å²) in [5.74, 6) is -1.29. The van der Waals surface area contributed by atoms with Gasteiger partial charge in [-0.25, -0.2) is 0 Å². The van der Waals surface area contributed by atoms with Crippen LogP contribution in [0.15, 0.2) is 30.3 Å². The third kappa shape index (κ3) is 3.14. The maximum atomic E-state index is 11.8. The molecule has 1 aliphatic heterocycles. The second-order valence-corrected chi connectivity index (χ2v) is 4.56. The molecule has 0 bridgehead atoms. The molecule has 0 saturated carbocycles. The van der Waals surface area contributed by atoms with Gasteiger partial charge in [0.15, 0.2) is 0 Å². The molecule has 4 heteroatoms. The van der Waals surface area contributed by atoms with Gasteiger partial charge in [0.2, 0.25) is 5.79 Å². The molecular weight excluding hydrogens is 244 g/mol. The highest BCUT2D eigenvalue weighted by Gasteiger charge is 2.44. The van der Waals surface area contributed by atoms with E-state index >= 15 is 0 Å². The zero-order valence-corrected chi connectivity index (χ0v) is 11.4. The van der Waals surface area contributed by atoms with E-state index < -0.39 is 5.79 Å². The van der Waals surface area contributed by atoms with Crippen LogP contribution in [0.25, 0.3) is 0 Å². The van der Waals surface area contributed by atoms with Gasteiger partial charge in [0.1, 0.15) is 6.42 Å². The first-order chi connectivity index (χ1) is 9.20. The average Bonchev–Trinajstić information content (AvgIpc) is 2.84. The van der Waals surface area contributed by atoms with Crippen molar-refractivity contribution in [1.29, 1.82) is 0 Å². The summed E-state index contributed by atoms with van der Waals surface area (Å²) in [5, 5.41) is 0. The fraction of sp³-hybridized carbons (Fsp3) is 0.533. The lowest BCUT2D eigenvalue weighted by molar-refractivity contribution is -0.195. The fourth-order valence-corrected chi connectivity index (χ4v) is 2.21. The van der Waals surface area contributed by atoms with Crippen LogP contribution in [0.1, 0.15) is 32.3 Å². The van der Waals surface area contributed by atoms with Gasteiger partial charge in [0, 0.05) is 5.56 Å². The monoisotopic (exact) mass is 264 g/mol. The molecule has 0 spiro atoms. The quantitative estimate of drug-likeness (QED) is 0.767. The summed E-state index contributed by atoms with van der Waals surface area (Å²) in [7, 11) is 0. The van der Waals surface area contributed by atoms with Crippen molar-refractivity contribution in [1.82, 2.24) is 0 Å². The first-order valence-electron chi connectivity index (χ1n) is 6.73. The van der Waals surface area contributed by atoms with Gasteiger partial charge in [-0.15, -0.1) is 0 Å². The lowest BCUT2D eigenvalue weighted by Crippen LogP contribution is -2.32. The van der Waals surface area contributed by atoms with Crippen LogP contribution in [0.4, 0.5) is 0 Å². The smallest absolute Gasteiger partial charge is 0.311 e. The second kappa shape index (κ2) is 6.17. The van der Waals surface area contributed by atoms with Crippen molar-refractivity contribution in [3.05, 3.63) is 35.9 Å². The Bertz CT molecular complexity index is 417. The second-order valence-electron chi connectivity index (χ2n) is 4.56. The first-order valence-corrected chi connectivity index (χ1v) is 6.73. The maximum absolute atomic E-state index is 11.8. The van der Waals surface area contributed by atoms with Crippen LogP contribution >= 0.6 is 0 Å². The zero-order valence-electron chi connectivity index (χ0n) is 11.4. The van der Waals surface area contributed by atoms with E-state index in [4.69, 9.17) is 14.2 Å². The number of esters is 1. The molecule has 104 valence electrons. The van der Waals surface area contributed by atoms with Crippen molar-refractivity contribution in [2.75, 3.05) is 13.2 Å². The molecule has 19 heavy (non-hydrogen) atoms. The van der Waals surface area contributed by atoms with Crippen molar-refractivity contribution in [2.45, 2.75) is 38.6 Å². The number of rotatable bonds is 5. The van der Waals surface area contributed by atoms with Gasteiger partial charge in [-0.2, -0.15) is 0 Å². The highest BCUT2D eigenvalue weighted by molar-refractivity contribution is 5.70. The summed E-state index contributed by atoms with van der Waals surface area (Å²) in [6, 6.07) is 9.57. The summed E-state index contributed by atoms with van der Waals surface area (Å²) in [6.45, 7) is 4.70. The SMILES string of the molecule is CCOC(=O)CC1(c2ccccc2)OCC(CC)O1. The Morgan fingerprint density at radius 1 is 1.37 bits per heavy atom. The van der Waals surface area contributed by atoms with Crippen LogP contribution < -0.4 is 0 Å². The number of benzene rings is 1. The lowest BCUT2D eigenvalue weighted by Gasteiger charge is -2.27. The lowest BCUT2D eigenvalue weighted by atomic mass is 10.0. The number of carbonyl (C=O) groups excluding carboxylic acids is 1.